The van der Waals surface area contributed by atoms with E-state index in [9.17, 15) is 0 Å². The minimum atomic E-state index is 0.584. The molecule has 104 valence electrons. The van der Waals surface area contributed by atoms with Crippen LogP contribution in [-0.4, -0.2) is 20.3 Å². The van der Waals surface area contributed by atoms with Crippen LogP contribution in [0.3, 0.4) is 0 Å². The molecule has 0 saturated carbocycles. The Morgan fingerprint density at radius 1 is 1.05 bits per heavy atom. The summed E-state index contributed by atoms with van der Waals surface area (Å²) in [5, 5.41) is 0. The Kier molecular flexibility index (Phi) is 3.44. The smallest absolute Gasteiger partial charge is 0.163 e. The van der Waals surface area contributed by atoms with Crippen molar-refractivity contribution >= 4 is 33.0 Å². The number of rotatable bonds is 2. The highest BCUT2D eigenvalue weighted by molar-refractivity contribution is 9.10. The van der Waals surface area contributed by atoms with Gasteiger partial charge in [0, 0.05) is 23.3 Å². The SMILES string of the molecule is CN(c1ccc2c(c1)OCCO2)c1ccc(Br)cc1N. The molecule has 0 unspecified atom stereocenters. The number of nitrogens with two attached hydrogens (primary N) is 1. The normalized spacial score (nSPS) is 13.1. The Hall–Kier alpha value is -1.88. The molecule has 1 aliphatic heterocycles. The number of halogens is 1. The molecule has 0 spiro atoms. The first kappa shape index (κ1) is 13.1. The van der Waals surface area contributed by atoms with Gasteiger partial charge < -0.3 is 20.1 Å². The summed E-state index contributed by atoms with van der Waals surface area (Å²) in [6.45, 7) is 1.18. The highest BCUT2D eigenvalue weighted by atomic mass is 79.9. The monoisotopic (exact) mass is 334 g/mol. The lowest BCUT2D eigenvalue weighted by Gasteiger charge is -2.24. The quantitative estimate of drug-likeness (QED) is 0.853. The molecule has 1 heterocycles. The van der Waals surface area contributed by atoms with Crippen molar-refractivity contribution in [2.75, 3.05) is 30.9 Å². The number of hydrogen-bond acceptors (Lipinski definition) is 4. The molecule has 0 saturated heterocycles. The van der Waals surface area contributed by atoms with Crippen molar-refractivity contribution in [2.45, 2.75) is 0 Å². The molecule has 5 heteroatoms. The van der Waals surface area contributed by atoms with Gasteiger partial charge in [0.2, 0.25) is 0 Å². The van der Waals surface area contributed by atoms with E-state index in [1.165, 1.54) is 0 Å². The van der Waals surface area contributed by atoms with Crippen molar-refractivity contribution in [3.05, 3.63) is 40.9 Å². The van der Waals surface area contributed by atoms with Crippen LogP contribution in [0.4, 0.5) is 17.1 Å². The molecule has 0 radical (unpaired) electrons. The van der Waals surface area contributed by atoms with Crippen molar-refractivity contribution in [1.82, 2.24) is 0 Å². The van der Waals surface area contributed by atoms with E-state index in [1.807, 2.05) is 48.3 Å². The number of nitrogen functional groups attached to an aromatic ring is 1. The van der Waals surface area contributed by atoms with Crippen LogP contribution in [0.15, 0.2) is 40.9 Å². The van der Waals surface area contributed by atoms with E-state index in [0.717, 1.165) is 33.0 Å². The minimum absolute atomic E-state index is 0.584. The molecule has 0 bridgehead atoms. The van der Waals surface area contributed by atoms with Gasteiger partial charge in [-0.2, -0.15) is 0 Å². The number of benzene rings is 2. The van der Waals surface area contributed by atoms with Crippen LogP contribution in [0.5, 0.6) is 11.5 Å². The number of anilines is 3. The van der Waals surface area contributed by atoms with Gasteiger partial charge in [0.15, 0.2) is 11.5 Å². The number of hydrogen-bond donors (Lipinski definition) is 1. The van der Waals surface area contributed by atoms with E-state index in [-0.39, 0.29) is 0 Å². The highest BCUT2D eigenvalue weighted by Crippen LogP contribution is 2.37. The van der Waals surface area contributed by atoms with Gasteiger partial charge in [0.1, 0.15) is 13.2 Å². The Morgan fingerprint density at radius 3 is 2.55 bits per heavy atom. The zero-order valence-electron chi connectivity index (χ0n) is 11.1. The second-order valence-corrected chi connectivity index (χ2v) is 5.51. The number of ether oxygens (including phenoxy) is 2. The topological polar surface area (TPSA) is 47.7 Å². The van der Waals surface area contributed by atoms with Crippen molar-refractivity contribution < 1.29 is 9.47 Å². The van der Waals surface area contributed by atoms with Gasteiger partial charge in [-0.3, -0.25) is 0 Å². The second kappa shape index (κ2) is 5.25. The number of fused-ring (bicyclic) bond motifs is 1. The third-order valence-electron chi connectivity index (χ3n) is 3.26. The van der Waals surface area contributed by atoms with Crippen LogP contribution >= 0.6 is 15.9 Å². The fourth-order valence-corrected chi connectivity index (χ4v) is 2.59. The Bertz CT molecular complexity index is 646. The zero-order valence-corrected chi connectivity index (χ0v) is 12.7. The Balaban J connectivity index is 1.95. The van der Waals surface area contributed by atoms with E-state index >= 15 is 0 Å². The van der Waals surface area contributed by atoms with Crippen molar-refractivity contribution in [1.29, 1.82) is 0 Å². The molecule has 20 heavy (non-hydrogen) atoms. The van der Waals surface area contributed by atoms with E-state index < -0.39 is 0 Å². The maximum atomic E-state index is 6.07. The average Bonchev–Trinajstić information content (AvgIpc) is 2.46. The van der Waals surface area contributed by atoms with Gasteiger partial charge in [0.05, 0.1) is 11.4 Å². The summed E-state index contributed by atoms with van der Waals surface area (Å²) in [5.74, 6) is 1.56. The van der Waals surface area contributed by atoms with Gasteiger partial charge >= 0.3 is 0 Å². The van der Waals surface area contributed by atoms with Crippen LogP contribution in [0.1, 0.15) is 0 Å². The number of nitrogens with zero attached hydrogens (tertiary/aromatic N) is 1. The first-order valence-electron chi connectivity index (χ1n) is 6.33. The molecule has 2 N–H and O–H groups in total. The molecular weight excluding hydrogens is 320 g/mol. The van der Waals surface area contributed by atoms with Gasteiger partial charge in [-0.1, -0.05) is 15.9 Å². The maximum absolute atomic E-state index is 6.07. The van der Waals surface area contributed by atoms with Crippen molar-refractivity contribution in [3.8, 4) is 11.5 Å². The molecule has 0 aliphatic carbocycles. The lowest BCUT2D eigenvalue weighted by Crippen LogP contribution is -2.16. The van der Waals surface area contributed by atoms with E-state index in [0.29, 0.717) is 13.2 Å². The lowest BCUT2D eigenvalue weighted by molar-refractivity contribution is 0.171. The predicted octanol–water partition coefficient (Wildman–Crippen LogP) is 3.57. The van der Waals surface area contributed by atoms with Crippen LogP contribution in [0.2, 0.25) is 0 Å². The van der Waals surface area contributed by atoms with Crippen molar-refractivity contribution in [3.63, 3.8) is 0 Å². The van der Waals surface area contributed by atoms with Gasteiger partial charge in [-0.15, -0.1) is 0 Å². The first-order valence-corrected chi connectivity index (χ1v) is 7.13. The maximum Gasteiger partial charge on any atom is 0.163 e. The summed E-state index contributed by atoms with van der Waals surface area (Å²) in [4.78, 5) is 2.03. The molecule has 2 aromatic carbocycles. The first-order chi connectivity index (χ1) is 9.65. The molecule has 4 nitrogen and oxygen atoms in total. The largest absolute Gasteiger partial charge is 0.486 e. The fourth-order valence-electron chi connectivity index (χ4n) is 2.21. The lowest BCUT2D eigenvalue weighted by atomic mass is 10.2. The molecule has 0 atom stereocenters. The van der Waals surface area contributed by atoms with E-state index in [2.05, 4.69) is 15.9 Å². The standard InChI is InChI=1S/C15H15BrN2O2/c1-18(13-4-2-10(16)8-12(13)17)11-3-5-14-15(9-11)20-7-6-19-14/h2-5,8-9H,6-7,17H2,1H3. The van der Waals surface area contributed by atoms with E-state index in [4.69, 9.17) is 15.2 Å². The third-order valence-corrected chi connectivity index (χ3v) is 3.76. The Morgan fingerprint density at radius 2 is 1.80 bits per heavy atom. The molecule has 3 rings (SSSR count). The van der Waals surface area contributed by atoms with Crippen LogP contribution < -0.4 is 20.1 Å². The highest BCUT2D eigenvalue weighted by Gasteiger charge is 2.15. The predicted molar refractivity (Wildman–Crippen MR) is 84.0 cm³/mol. The summed E-state index contributed by atoms with van der Waals surface area (Å²) in [5.41, 5.74) is 8.74. The summed E-state index contributed by atoms with van der Waals surface area (Å²) in [6, 6.07) is 11.7. The summed E-state index contributed by atoms with van der Waals surface area (Å²) in [6.07, 6.45) is 0. The average molecular weight is 335 g/mol. The molecule has 0 fully saturated rings. The molecule has 1 aliphatic rings. The zero-order chi connectivity index (χ0) is 14.1. The molecule has 0 amide bonds. The van der Waals surface area contributed by atoms with E-state index in [1.54, 1.807) is 0 Å². The second-order valence-electron chi connectivity index (χ2n) is 4.59. The molecule has 2 aromatic rings. The van der Waals surface area contributed by atoms with Gasteiger partial charge in [-0.25, -0.2) is 0 Å². The van der Waals surface area contributed by atoms with Crippen LogP contribution in [-0.2, 0) is 0 Å². The molecular formula is C15H15BrN2O2. The summed E-state index contributed by atoms with van der Waals surface area (Å²) in [7, 11) is 1.98. The summed E-state index contributed by atoms with van der Waals surface area (Å²) < 4.78 is 12.1. The van der Waals surface area contributed by atoms with Crippen LogP contribution in [0, 0.1) is 0 Å². The summed E-state index contributed by atoms with van der Waals surface area (Å²) >= 11 is 3.42. The van der Waals surface area contributed by atoms with Gasteiger partial charge in [-0.05, 0) is 30.3 Å². The van der Waals surface area contributed by atoms with Gasteiger partial charge in [0.25, 0.3) is 0 Å². The van der Waals surface area contributed by atoms with Crippen molar-refractivity contribution in [2.24, 2.45) is 0 Å². The fraction of sp³-hybridized carbons (Fsp3) is 0.200. The Labute approximate surface area is 126 Å². The van der Waals surface area contributed by atoms with Crippen LogP contribution in [0.25, 0.3) is 0 Å². The molecule has 0 aromatic heterocycles. The minimum Gasteiger partial charge on any atom is -0.486 e. The third kappa shape index (κ3) is 2.41.